The molecule has 0 saturated heterocycles. The topological polar surface area (TPSA) is 92.9 Å². The smallest absolute Gasteiger partial charge is 0.337 e. The van der Waals surface area contributed by atoms with Crippen LogP contribution in [-0.2, 0) is 4.79 Å². The summed E-state index contributed by atoms with van der Waals surface area (Å²) >= 11 is 0. The van der Waals surface area contributed by atoms with Crippen LogP contribution in [0.5, 0.6) is 5.75 Å². The maximum atomic E-state index is 11.7. The third-order valence-electron chi connectivity index (χ3n) is 3.11. The van der Waals surface area contributed by atoms with Gasteiger partial charge >= 0.3 is 5.97 Å². The monoisotopic (exact) mass is 264 g/mol. The molecule has 0 aromatic heterocycles. The molecule has 6 heteroatoms. The second-order valence-corrected chi connectivity index (χ2v) is 4.58. The molecule has 1 aromatic rings. The molecule has 0 unspecified atom stereocenters. The third-order valence-corrected chi connectivity index (χ3v) is 3.11. The lowest BCUT2D eigenvalue weighted by atomic mass is 10.2. The predicted molar refractivity (Wildman–Crippen MR) is 69.1 cm³/mol. The first-order chi connectivity index (χ1) is 8.99. The molecule has 6 nitrogen and oxygen atoms in total. The number of hydrogen-bond acceptors (Lipinski definition) is 4. The number of benzene rings is 1. The lowest BCUT2D eigenvalue weighted by Gasteiger charge is -2.16. The molecule has 0 atom stereocenters. The SMILES string of the molecule is CN(C(=O)COc1ccc(N)c(C(=O)O)c1)C1CC1. The highest BCUT2D eigenvalue weighted by Gasteiger charge is 2.29. The Morgan fingerprint density at radius 1 is 1.47 bits per heavy atom. The Kier molecular flexibility index (Phi) is 3.59. The number of ether oxygens (including phenoxy) is 1. The van der Waals surface area contributed by atoms with E-state index in [2.05, 4.69) is 0 Å². The fraction of sp³-hybridized carbons (Fsp3) is 0.385. The summed E-state index contributed by atoms with van der Waals surface area (Å²) < 4.78 is 5.30. The molecule has 1 saturated carbocycles. The van der Waals surface area contributed by atoms with Gasteiger partial charge in [-0.05, 0) is 31.0 Å². The molecular formula is C13H16N2O4. The fourth-order valence-corrected chi connectivity index (χ4v) is 1.72. The van der Waals surface area contributed by atoms with Crippen molar-refractivity contribution in [3.05, 3.63) is 23.8 Å². The summed E-state index contributed by atoms with van der Waals surface area (Å²) in [6, 6.07) is 4.65. The Balaban J connectivity index is 1.97. The van der Waals surface area contributed by atoms with E-state index in [9.17, 15) is 9.59 Å². The molecule has 3 N–H and O–H groups in total. The van der Waals surface area contributed by atoms with Gasteiger partial charge in [0.25, 0.3) is 5.91 Å². The van der Waals surface area contributed by atoms with Gasteiger partial charge in [-0.25, -0.2) is 4.79 Å². The highest BCUT2D eigenvalue weighted by atomic mass is 16.5. The number of carboxylic acid groups (broad SMARTS) is 1. The molecule has 0 spiro atoms. The van der Waals surface area contributed by atoms with Crippen LogP contribution in [-0.4, -0.2) is 41.6 Å². The summed E-state index contributed by atoms with van der Waals surface area (Å²) in [5.74, 6) is -0.912. The van der Waals surface area contributed by atoms with E-state index >= 15 is 0 Å². The number of nitrogens with zero attached hydrogens (tertiary/aromatic N) is 1. The lowest BCUT2D eigenvalue weighted by molar-refractivity contribution is -0.132. The van der Waals surface area contributed by atoms with Gasteiger partial charge in [0.05, 0.1) is 5.56 Å². The second-order valence-electron chi connectivity index (χ2n) is 4.58. The van der Waals surface area contributed by atoms with Gasteiger partial charge in [-0.3, -0.25) is 4.79 Å². The van der Waals surface area contributed by atoms with Crippen molar-refractivity contribution in [3.63, 3.8) is 0 Å². The molecule has 0 bridgehead atoms. The van der Waals surface area contributed by atoms with Gasteiger partial charge in [0.2, 0.25) is 0 Å². The minimum Gasteiger partial charge on any atom is -0.484 e. The Hall–Kier alpha value is -2.24. The Bertz CT molecular complexity index is 511. The van der Waals surface area contributed by atoms with Crippen molar-refractivity contribution in [3.8, 4) is 5.75 Å². The number of aromatic carboxylic acids is 1. The number of nitrogen functional groups attached to an aromatic ring is 1. The molecule has 1 aliphatic carbocycles. The van der Waals surface area contributed by atoms with Crippen molar-refractivity contribution in [2.24, 2.45) is 0 Å². The minimum absolute atomic E-state index is 0.0273. The zero-order chi connectivity index (χ0) is 14.0. The van der Waals surface area contributed by atoms with E-state index in [1.807, 2.05) is 0 Å². The lowest BCUT2D eigenvalue weighted by Crippen LogP contribution is -2.33. The van der Waals surface area contributed by atoms with Gasteiger partial charge in [0.15, 0.2) is 6.61 Å². The second kappa shape index (κ2) is 5.17. The highest BCUT2D eigenvalue weighted by Crippen LogP contribution is 2.25. The first kappa shape index (κ1) is 13.2. The number of anilines is 1. The van der Waals surface area contributed by atoms with E-state index in [-0.39, 0.29) is 23.8 Å². The van der Waals surface area contributed by atoms with Gasteiger partial charge < -0.3 is 20.5 Å². The number of nitrogens with two attached hydrogens (primary N) is 1. The molecule has 1 aliphatic rings. The van der Waals surface area contributed by atoms with Crippen LogP contribution in [0.2, 0.25) is 0 Å². The Morgan fingerprint density at radius 2 is 2.16 bits per heavy atom. The van der Waals surface area contributed by atoms with Crippen LogP contribution in [0.3, 0.4) is 0 Å². The average Bonchev–Trinajstić information content (AvgIpc) is 3.20. The predicted octanol–water partition coefficient (Wildman–Crippen LogP) is 0.967. The largest absolute Gasteiger partial charge is 0.484 e. The highest BCUT2D eigenvalue weighted by molar-refractivity contribution is 5.94. The van der Waals surface area contributed by atoms with Crippen LogP contribution >= 0.6 is 0 Å². The molecule has 0 heterocycles. The van der Waals surface area contributed by atoms with E-state index in [1.165, 1.54) is 12.1 Å². The molecule has 102 valence electrons. The number of carboxylic acids is 1. The van der Waals surface area contributed by atoms with Gasteiger partial charge in [-0.2, -0.15) is 0 Å². The minimum atomic E-state index is -1.12. The number of rotatable bonds is 5. The molecular weight excluding hydrogens is 248 g/mol. The average molecular weight is 264 g/mol. The van der Waals surface area contributed by atoms with Crippen LogP contribution in [0.1, 0.15) is 23.2 Å². The van der Waals surface area contributed by atoms with Crippen molar-refractivity contribution in [2.45, 2.75) is 18.9 Å². The molecule has 0 radical (unpaired) electrons. The van der Waals surface area contributed by atoms with Crippen molar-refractivity contribution in [2.75, 3.05) is 19.4 Å². The van der Waals surface area contributed by atoms with E-state index < -0.39 is 5.97 Å². The first-order valence-electron chi connectivity index (χ1n) is 6.00. The maximum Gasteiger partial charge on any atom is 0.337 e. The van der Waals surface area contributed by atoms with E-state index in [0.717, 1.165) is 12.8 Å². The van der Waals surface area contributed by atoms with Gasteiger partial charge in [0, 0.05) is 18.8 Å². The van der Waals surface area contributed by atoms with Crippen LogP contribution in [0, 0.1) is 0 Å². The zero-order valence-corrected chi connectivity index (χ0v) is 10.6. The number of likely N-dealkylation sites (N-methyl/N-ethyl adjacent to an activating group) is 1. The third kappa shape index (κ3) is 3.15. The first-order valence-corrected chi connectivity index (χ1v) is 6.00. The summed E-state index contributed by atoms with van der Waals surface area (Å²) in [5.41, 5.74) is 5.67. The van der Waals surface area contributed by atoms with Crippen LogP contribution in [0.25, 0.3) is 0 Å². The standard InChI is InChI=1S/C13H16N2O4/c1-15(8-2-3-8)12(16)7-19-9-4-5-11(14)10(6-9)13(17)18/h4-6,8H,2-3,7,14H2,1H3,(H,17,18). The molecule has 1 fully saturated rings. The quantitative estimate of drug-likeness (QED) is 0.773. The van der Waals surface area contributed by atoms with E-state index in [1.54, 1.807) is 18.0 Å². The molecule has 1 aromatic carbocycles. The fourth-order valence-electron chi connectivity index (χ4n) is 1.72. The number of amides is 1. The van der Waals surface area contributed by atoms with Crippen molar-refractivity contribution in [1.82, 2.24) is 4.90 Å². The molecule has 1 amide bonds. The summed E-state index contributed by atoms with van der Waals surface area (Å²) in [4.78, 5) is 24.3. The number of hydrogen-bond donors (Lipinski definition) is 2. The van der Waals surface area contributed by atoms with Gasteiger partial charge in [0.1, 0.15) is 5.75 Å². The van der Waals surface area contributed by atoms with Gasteiger partial charge in [-0.1, -0.05) is 0 Å². The van der Waals surface area contributed by atoms with Crippen molar-refractivity contribution in [1.29, 1.82) is 0 Å². The Morgan fingerprint density at radius 3 is 2.74 bits per heavy atom. The molecule has 2 rings (SSSR count). The maximum absolute atomic E-state index is 11.7. The van der Waals surface area contributed by atoms with Gasteiger partial charge in [-0.15, -0.1) is 0 Å². The summed E-state index contributed by atoms with van der Waals surface area (Å²) in [6.07, 6.45) is 2.07. The van der Waals surface area contributed by atoms with Crippen molar-refractivity contribution >= 4 is 17.6 Å². The molecule has 19 heavy (non-hydrogen) atoms. The van der Waals surface area contributed by atoms with Crippen LogP contribution in [0.15, 0.2) is 18.2 Å². The summed E-state index contributed by atoms with van der Waals surface area (Å²) in [6.45, 7) is -0.101. The molecule has 0 aliphatic heterocycles. The van der Waals surface area contributed by atoms with E-state index in [4.69, 9.17) is 15.6 Å². The van der Waals surface area contributed by atoms with Crippen molar-refractivity contribution < 1.29 is 19.4 Å². The van der Waals surface area contributed by atoms with Crippen LogP contribution < -0.4 is 10.5 Å². The van der Waals surface area contributed by atoms with Crippen LogP contribution in [0.4, 0.5) is 5.69 Å². The number of carbonyl (C=O) groups is 2. The zero-order valence-electron chi connectivity index (χ0n) is 10.6. The van der Waals surface area contributed by atoms with E-state index in [0.29, 0.717) is 11.8 Å². The Labute approximate surface area is 110 Å². The summed E-state index contributed by atoms with van der Waals surface area (Å²) in [7, 11) is 1.75. The normalized spacial score (nSPS) is 13.9. The summed E-state index contributed by atoms with van der Waals surface area (Å²) in [5, 5.41) is 8.93. The number of carbonyl (C=O) groups excluding carboxylic acids is 1.